The maximum absolute atomic E-state index is 12.4. The molecule has 1 aliphatic heterocycles. The Bertz CT molecular complexity index is 501. The molecular weight excluding hydrogens is 284 g/mol. The summed E-state index contributed by atoms with van der Waals surface area (Å²) in [6.45, 7) is 10.1. The number of hydrogen-bond acceptors (Lipinski definition) is 6. The molecule has 0 bridgehead atoms. The van der Waals surface area contributed by atoms with Crippen LogP contribution in [0, 0.1) is 0 Å². The van der Waals surface area contributed by atoms with E-state index in [1.54, 1.807) is 0 Å². The SMILES string of the molecule is CC(C)c1nnc([C@H]2CN(C(=O)CN(C)C(C)C)CCO2)o1. The van der Waals surface area contributed by atoms with Crippen molar-refractivity contribution in [3.05, 3.63) is 11.8 Å². The van der Waals surface area contributed by atoms with E-state index in [1.807, 2.05) is 30.7 Å². The van der Waals surface area contributed by atoms with Gasteiger partial charge in [-0.1, -0.05) is 13.8 Å². The molecule has 7 nitrogen and oxygen atoms in total. The van der Waals surface area contributed by atoms with Crippen LogP contribution in [0.5, 0.6) is 0 Å². The lowest BCUT2D eigenvalue weighted by molar-refractivity contribution is -0.141. The highest BCUT2D eigenvalue weighted by atomic mass is 16.5. The van der Waals surface area contributed by atoms with Crippen molar-refractivity contribution in [2.45, 2.75) is 45.8 Å². The molecular formula is C15H26N4O3. The zero-order valence-corrected chi connectivity index (χ0v) is 14.1. The summed E-state index contributed by atoms with van der Waals surface area (Å²) in [6, 6.07) is 0.338. The monoisotopic (exact) mass is 310 g/mol. The summed E-state index contributed by atoms with van der Waals surface area (Å²) in [7, 11) is 1.95. The minimum Gasteiger partial charge on any atom is -0.422 e. The summed E-state index contributed by atoms with van der Waals surface area (Å²) in [6.07, 6.45) is -0.331. The summed E-state index contributed by atoms with van der Waals surface area (Å²) >= 11 is 0. The van der Waals surface area contributed by atoms with E-state index in [0.29, 0.717) is 44.1 Å². The fourth-order valence-electron chi connectivity index (χ4n) is 2.13. The molecule has 1 fully saturated rings. The molecule has 0 aromatic carbocycles. The number of carbonyl (C=O) groups excluding carboxylic acids is 1. The van der Waals surface area contributed by atoms with Crippen molar-refractivity contribution in [1.82, 2.24) is 20.0 Å². The number of carbonyl (C=O) groups is 1. The van der Waals surface area contributed by atoms with Gasteiger partial charge in [0.05, 0.1) is 19.7 Å². The number of morpholine rings is 1. The Labute approximate surface area is 131 Å². The molecule has 0 spiro atoms. The standard InChI is InChI=1S/C15H26N4O3/c1-10(2)14-16-17-15(22-14)12-8-19(6-7-21-12)13(20)9-18(5)11(3)4/h10-12H,6-9H2,1-5H3/t12-/m1/s1. The molecule has 2 heterocycles. The van der Waals surface area contributed by atoms with E-state index < -0.39 is 0 Å². The van der Waals surface area contributed by atoms with Gasteiger partial charge < -0.3 is 14.1 Å². The second-order valence-electron chi connectivity index (χ2n) is 6.34. The van der Waals surface area contributed by atoms with Crippen molar-refractivity contribution in [2.24, 2.45) is 0 Å². The van der Waals surface area contributed by atoms with Crippen LogP contribution in [0.15, 0.2) is 4.42 Å². The predicted molar refractivity (Wildman–Crippen MR) is 81.4 cm³/mol. The van der Waals surface area contributed by atoms with Crippen molar-refractivity contribution >= 4 is 5.91 Å². The molecule has 0 aliphatic carbocycles. The molecule has 1 atom stereocenters. The highest BCUT2D eigenvalue weighted by Crippen LogP contribution is 2.23. The van der Waals surface area contributed by atoms with Crippen LogP contribution in [0.3, 0.4) is 0 Å². The zero-order valence-electron chi connectivity index (χ0n) is 14.1. The van der Waals surface area contributed by atoms with Gasteiger partial charge in [-0.25, -0.2) is 0 Å². The quantitative estimate of drug-likeness (QED) is 0.819. The minimum atomic E-state index is -0.331. The molecule has 0 N–H and O–H groups in total. The Balaban J connectivity index is 1.97. The highest BCUT2D eigenvalue weighted by molar-refractivity contribution is 5.78. The number of rotatable bonds is 5. The van der Waals surface area contributed by atoms with Crippen LogP contribution >= 0.6 is 0 Å². The smallest absolute Gasteiger partial charge is 0.247 e. The van der Waals surface area contributed by atoms with Gasteiger partial charge in [0.25, 0.3) is 0 Å². The maximum atomic E-state index is 12.4. The number of aromatic nitrogens is 2. The zero-order chi connectivity index (χ0) is 16.3. The van der Waals surface area contributed by atoms with Crippen LogP contribution in [0.25, 0.3) is 0 Å². The molecule has 1 aliphatic rings. The van der Waals surface area contributed by atoms with Crippen molar-refractivity contribution in [3.8, 4) is 0 Å². The van der Waals surface area contributed by atoms with Crippen molar-refractivity contribution in [3.63, 3.8) is 0 Å². The molecule has 0 unspecified atom stereocenters. The third-order valence-corrected chi connectivity index (χ3v) is 3.91. The molecule has 1 aromatic heterocycles. The Morgan fingerprint density at radius 1 is 1.36 bits per heavy atom. The molecule has 7 heteroatoms. The first-order chi connectivity index (χ1) is 10.4. The molecule has 0 saturated carbocycles. The van der Waals surface area contributed by atoms with Gasteiger partial charge in [-0.2, -0.15) is 0 Å². The lowest BCUT2D eigenvalue weighted by Crippen LogP contribution is -2.47. The number of ether oxygens (including phenoxy) is 1. The normalized spacial score (nSPS) is 19.5. The number of hydrogen-bond donors (Lipinski definition) is 0. The van der Waals surface area contributed by atoms with Crippen molar-refractivity contribution in [2.75, 3.05) is 33.3 Å². The maximum Gasteiger partial charge on any atom is 0.247 e. The molecule has 1 aromatic rings. The second kappa shape index (κ2) is 7.19. The lowest BCUT2D eigenvalue weighted by Gasteiger charge is -2.33. The van der Waals surface area contributed by atoms with E-state index in [-0.39, 0.29) is 17.9 Å². The molecule has 2 rings (SSSR count). The summed E-state index contributed by atoms with van der Waals surface area (Å²) < 4.78 is 11.3. The summed E-state index contributed by atoms with van der Waals surface area (Å²) in [4.78, 5) is 16.2. The highest BCUT2D eigenvalue weighted by Gasteiger charge is 2.29. The van der Waals surface area contributed by atoms with Crippen LogP contribution in [-0.4, -0.2) is 65.2 Å². The van der Waals surface area contributed by atoms with Crippen molar-refractivity contribution < 1.29 is 13.9 Å². The third-order valence-electron chi connectivity index (χ3n) is 3.91. The Morgan fingerprint density at radius 3 is 2.68 bits per heavy atom. The topological polar surface area (TPSA) is 71.7 Å². The van der Waals surface area contributed by atoms with E-state index in [1.165, 1.54) is 0 Å². The average Bonchev–Trinajstić information content (AvgIpc) is 2.97. The first kappa shape index (κ1) is 16.9. The first-order valence-corrected chi connectivity index (χ1v) is 7.81. The van der Waals surface area contributed by atoms with Crippen LogP contribution in [-0.2, 0) is 9.53 Å². The van der Waals surface area contributed by atoms with E-state index in [0.717, 1.165) is 0 Å². The number of amides is 1. The molecule has 1 saturated heterocycles. The summed E-state index contributed by atoms with van der Waals surface area (Å²) in [5, 5.41) is 8.08. The predicted octanol–water partition coefficient (Wildman–Crippen LogP) is 1.43. The van der Waals surface area contributed by atoms with Gasteiger partial charge in [-0.15, -0.1) is 10.2 Å². The molecule has 22 heavy (non-hydrogen) atoms. The third kappa shape index (κ3) is 4.04. The minimum absolute atomic E-state index is 0.105. The van der Waals surface area contributed by atoms with Crippen LogP contribution in [0.4, 0.5) is 0 Å². The molecule has 1 amide bonds. The Morgan fingerprint density at radius 2 is 2.09 bits per heavy atom. The fourth-order valence-corrected chi connectivity index (χ4v) is 2.13. The Hall–Kier alpha value is -1.47. The van der Waals surface area contributed by atoms with Gasteiger partial charge in [-0.3, -0.25) is 9.69 Å². The lowest BCUT2D eigenvalue weighted by atomic mass is 10.2. The van der Waals surface area contributed by atoms with Gasteiger partial charge in [0.15, 0.2) is 6.10 Å². The summed E-state index contributed by atoms with van der Waals surface area (Å²) in [5.74, 6) is 1.34. The second-order valence-corrected chi connectivity index (χ2v) is 6.34. The van der Waals surface area contributed by atoms with Gasteiger partial charge in [0.1, 0.15) is 0 Å². The van der Waals surface area contributed by atoms with Gasteiger partial charge in [-0.05, 0) is 20.9 Å². The van der Waals surface area contributed by atoms with Crippen LogP contribution in [0.1, 0.15) is 51.5 Å². The molecule has 0 radical (unpaired) electrons. The fraction of sp³-hybridized carbons (Fsp3) is 0.800. The van der Waals surface area contributed by atoms with E-state index in [4.69, 9.17) is 9.15 Å². The van der Waals surface area contributed by atoms with E-state index >= 15 is 0 Å². The van der Waals surface area contributed by atoms with Gasteiger partial charge >= 0.3 is 0 Å². The van der Waals surface area contributed by atoms with Crippen LogP contribution < -0.4 is 0 Å². The largest absolute Gasteiger partial charge is 0.422 e. The number of likely N-dealkylation sites (N-methyl/N-ethyl adjacent to an activating group) is 1. The average molecular weight is 310 g/mol. The van der Waals surface area contributed by atoms with Crippen molar-refractivity contribution in [1.29, 1.82) is 0 Å². The van der Waals surface area contributed by atoms with E-state index in [9.17, 15) is 4.79 Å². The number of nitrogens with zero attached hydrogens (tertiary/aromatic N) is 4. The van der Waals surface area contributed by atoms with Gasteiger partial charge in [0, 0.05) is 18.5 Å². The Kier molecular flexibility index (Phi) is 5.52. The molecule has 124 valence electrons. The van der Waals surface area contributed by atoms with Crippen LogP contribution in [0.2, 0.25) is 0 Å². The first-order valence-electron chi connectivity index (χ1n) is 7.81. The summed E-state index contributed by atoms with van der Waals surface area (Å²) in [5.41, 5.74) is 0. The van der Waals surface area contributed by atoms with Gasteiger partial charge in [0.2, 0.25) is 17.7 Å². The van der Waals surface area contributed by atoms with E-state index in [2.05, 4.69) is 24.0 Å².